The number of nitrogens with zero attached hydrogens (tertiary/aromatic N) is 1. The largest absolute Gasteiger partial charge is 0.507 e. The Morgan fingerprint density at radius 1 is 1.38 bits per heavy atom. The second-order valence-electron chi connectivity index (χ2n) is 5.63. The van der Waals surface area contributed by atoms with Crippen molar-refractivity contribution in [3.8, 4) is 11.5 Å². The summed E-state index contributed by atoms with van der Waals surface area (Å²) < 4.78 is 0. The molecule has 2 rings (SSSR count). The van der Waals surface area contributed by atoms with Crippen LogP contribution in [0.15, 0.2) is 18.2 Å². The fourth-order valence-corrected chi connectivity index (χ4v) is 2.84. The van der Waals surface area contributed by atoms with Crippen LogP contribution in [0.4, 0.5) is 0 Å². The van der Waals surface area contributed by atoms with Crippen molar-refractivity contribution in [1.29, 1.82) is 0 Å². The Balaban J connectivity index is 2.14. The van der Waals surface area contributed by atoms with Crippen LogP contribution in [0.5, 0.6) is 11.5 Å². The van der Waals surface area contributed by atoms with Gasteiger partial charge in [-0.3, -0.25) is 4.79 Å². The van der Waals surface area contributed by atoms with E-state index >= 15 is 0 Å². The average Bonchev–Trinajstić information content (AvgIpc) is 2.47. The molecule has 5 heteroatoms. The Morgan fingerprint density at radius 3 is 2.67 bits per heavy atom. The van der Waals surface area contributed by atoms with Crippen molar-refractivity contribution in [2.24, 2.45) is 5.92 Å². The number of carbonyl (C=O) groups excluding carboxylic acids is 1. The molecule has 1 unspecified atom stereocenters. The number of carbonyl (C=O) groups is 1. The van der Waals surface area contributed by atoms with E-state index in [2.05, 4.69) is 5.32 Å². The maximum absolute atomic E-state index is 12.6. The van der Waals surface area contributed by atoms with Gasteiger partial charge in [0, 0.05) is 13.1 Å². The van der Waals surface area contributed by atoms with Crippen LogP contribution in [0.2, 0.25) is 0 Å². The number of nitrogens with one attached hydrogen (secondary N) is 1. The van der Waals surface area contributed by atoms with Crippen molar-refractivity contribution < 1.29 is 15.0 Å². The zero-order valence-corrected chi connectivity index (χ0v) is 12.5. The highest BCUT2D eigenvalue weighted by Gasteiger charge is 2.25. The van der Waals surface area contributed by atoms with Crippen molar-refractivity contribution >= 4 is 5.91 Å². The minimum absolute atomic E-state index is 0.00900. The highest BCUT2D eigenvalue weighted by molar-refractivity contribution is 5.99. The van der Waals surface area contributed by atoms with E-state index in [1.54, 1.807) is 4.90 Å². The van der Waals surface area contributed by atoms with Gasteiger partial charge in [-0.05, 0) is 50.4 Å². The Hall–Kier alpha value is -1.75. The molecule has 3 N–H and O–H groups in total. The molecule has 0 aliphatic carbocycles. The number of hydrogen-bond acceptors (Lipinski definition) is 4. The molecule has 21 heavy (non-hydrogen) atoms. The van der Waals surface area contributed by atoms with Gasteiger partial charge in [0.15, 0.2) is 0 Å². The molecule has 5 nitrogen and oxygen atoms in total. The van der Waals surface area contributed by atoms with E-state index in [-0.39, 0.29) is 23.0 Å². The summed E-state index contributed by atoms with van der Waals surface area (Å²) in [4.78, 5) is 14.4. The fraction of sp³-hybridized carbons (Fsp3) is 0.562. The summed E-state index contributed by atoms with van der Waals surface area (Å²) in [6, 6.07) is 4.38. The molecule has 0 spiro atoms. The molecule has 116 valence electrons. The lowest BCUT2D eigenvalue weighted by Crippen LogP contribution is -2.41. The maximum Gasteiger partial charge on any atom is 0.261 e. The van der Waals surface area contributed by atoms with Crippen molar-refractivity contribution in [2.75, 3.05) is 26.2 Å². The molecular weight excluding hydrogens is 268 g/mol. The van der Waals surface area contributed by atoms with E-state index in [9.17, 15) is 15.0 Å². The topological polar surface area (TPSA) is 72.8 Å². The molecule has 1 aliphatic heterocycles. The number of rotatable bonds is 5. The van der Waals surface area contributed by atoms with Crippen LogP contribution in [-0.2, 0) is 0 Å². The van der Waals surface area contributed by atoms with E-state index in [0.717, 1.165) is 32.4 Å². The van der Waals surface area contributed by atoms with Crippen molar-refractivity contribution in [1.82, 2.24) is 10.2 Å². The molecule has 0 saturated carbocycles. The molecule has 0 aromatic heterocycles. The maximum atomic E-state index is 12.6. The SMILES string of the molecule is CCCN(CC1CCCNC1)C(=O)c1c(O)cccc1O. The first kappa shape index (κ1) is 15.6. The van der Waals surface area contributed by atoms with Crippen LogP contribution in [0.1, 0.15) is 36.5 Å². The Labute approximate surface area is 125 Å². The predicted octanol–water partition coefficient (Wildman–Crippen LogP) is 1.95. The summed E-state index contributed by atoms with van der Waals surface area (Å²) in [7, 11) is 0. The first-order valence-electron chi connectivity index (χ1n) is 7.64. The number of piperidine rings is 1. The third kappa shape index (κ3) is 3.88. The van der Waals surface area contributed by atoms with Gasteiger partial charge in [-0.25, -0.2) is 0 Å². The summed E-state index contributed by atoms with van der Waals surface area (Å²) in [5.74, 6) is -0.189. The van der Waals surface area contributed by atoms with Crippen LogP contribution >= 0.6 is 0 Å². The quantitative estimate of drug-likeness (QED) is 0.775. The van der Waals surface area contributed by atoms with Crippen LogP contribution in [-0.4, -0.2) is 47.2 Å². The van der Waals surface area contributed by atoms with E-state index < -0.39 is 0 Å². The number of phenols is 2. The van der Waals surface area contributed by atoms with Gasteiger partial charge in [-0.1, -0.05) is 13.0 Å². The van der Waals surface area contributed by atoms with Gasteiger partial charge in [0.1, 0.15) is 17.1 Å². The van der Waals surface area contributed by atoms with Crippen LogP contribution < -0.4 is 5.32 Å². The first-order chi connectivity index (χ1) is 10.1. The molecule has 1 aliphatic rings. The van der Waals surface area contributed by atoms with E-state index in [0.29, 0.717) is 19.0 Å². The Kier molecular flexibility index (Phi) is 5.44. The second-order valence-corrected chi connectivity index (χ2v) is 5.63. The number of benzene rings is 1. The highest BCUT2D eigenvalue weighted by atomic mass is 16.3. The summed E-state index contributed by atoms with van der Waals surface area (Å²) in [5.41, 5.74) is 0.00900. The van der Waals surface area contributed by atoms with Gasteiger partial charge >= 0.3 is 0 Å². The molecule has 1 amide bonds. The lowest BCUT2D eigenvalue weighted by molar-refractivity contribution is 0.0712. The summed E-state index contributed by atoms with van der Waals surface area (Å²) in [6.07, 6.45) is 3.08. The fourth-order valence-electron chi connectivity index (χ4n) is 2.84. The van der Waals surface area contributed by atoms with Gasteiger partial charge < -0.3 is 20.4 Å². The van der Waals surface area contributed by atoms with Crippen molar-refractivity contribution in [2.45, 2.75) is 26.2 Å². The highest BCUT2D eigenvalue weighted by Crippen LogP contribution is 2.28. The smallest absolute Gasteiger partial charge is 0.261 e. The number of amides is 1. The zero-order chi connectivity index (χ0) is 15.2. The first-order valence-corrected chi connectivity index (χ1v) is 7.64. The second kappa shape index (κ2) is 7.31. The lowest BCUT2D eigenvalue weighted by Gasteiger charge is -2.30. The molecule has 1 atom stereocenters. The monoisotopic (exact) mass is 292 g/mol. The van der Waals surface area contributed by atoms with Gasteiger partial charge in [-0.15, -0.1) is 0 Å². The summed E-state index contributed by atoms with van der Waals surface area (Å²) >= 11 is 0. The average molecular weight is 292 g/mol. The molecule has 1 saturated heterocycles. The molecule has 1 fully saturated rings. The molecule has 0 bridgehead atoms. The van der Waals surface area contributed by atoms with Crippen LogP contribution in [0.3, 0.4) is 0 Å². The Morgan fingerprint density at radius 2 is 2.10 bits per heavy atom. The molecule has 0 radical (unpaired) electrons. The third-order valence-corrected chi connectivity index (χ3v) is 3.89. The summed E-state index contributed by atoms with van der Waals surface area (Å²) in [5, 5.41) is 23.1. The molecule has 1 aromatic carbocycles. The zero-order valence-electron chi connectivity index (χ0n) is 12.5. The molecular formula is C16H24N2O3. The van der Waals surface area contributed by atoms with Gasteiger partial charge in [0.05, 0.1) is 0 Å². The van der Waals surface area contributed by atoms with Crippen LogP contribution in [0.25, 0.3) is 0 Å². The van der Waals surface area contributed by atoms with Gasteiger partial charge in [0.2, 0.25) is 0 Å². The minimum Gasteiger partial charge on any atom is -0.507 e. The third-order valence-electron chi connectivity index (χ3n) is 3.89. The van der Waals surface area contributed by atoms with Gasteiger partial charge in [-0.2, -0.15) is 0 Å². The minimum atomic E-state index is -0.293. The van der Waals surface area contributed by atoms with E-state index in [1.807, 2.05) is 6.92 Å². The molecule has 1 heterocycles. The predicted molar refractivity (Wildman–Crippen MR) is 81.6 cm³/mol. The lowest BCUT2D eigenvalue weighted by atomic mass is 9.98. The van der Waals surface area contributed by atoms with Crippen molar-refractivity contribution in [3.05, 3.63) is 23.8 Å². The number of phenolic OH excluding ortho intramolecular Hbond substituents is 2. The van der Waals surface area contributed by atoms with E-state index in [1.165, 1.54) is 18.2 Å². The number of aromatic hydroxyl groups is 2. The number of hydrogen-bond donors (Lipinski definition) is 3. The van der Waals surface area contributed by atoms with Crippen molar-refractivity contribution in [3.63, 3.8) is 0 Å². The standard InChI is InChI=1S/C16H24N2O3/c1-2-9-18(11-12-5-4-8-17-10-12)16(21)15-13(19)6-3-7-14(15)20/h3,6-7,12,17,19-20H,2,4-5,8-11H2,1H3. The van der Waals surface area contributed by atoms with Gasteiger partial charge in [0.25, 0.3) is 5.91 Å². The summed E-state index contributed by atoms with van der Waals surface area (Å²) in [6.45, 7) is 5.26. The Bertz CT molecular complexity index is 464. The molecule has 1 aromatic rings. The van der Waals surface area contributed by atoms with Crippen LogP contribution in [0, 0.1) is 5.92 Å². The normalized spacial score (nSPS) is 18.4. The van der Waals surface area contributed by atoms with E-state index in [4.69, 9.17) is 0 Å².